The van der Waals surface area contributed by atoms with Crippen LogP contribution in [0.3, 0.4) is 0 Å². The minimum absolute atomic E-state index is 0.102. The molecule has 0 spiro atoms. The van der Waals surface area contributed by atoms with Crippen molar-refractivity contribution in [3.05, 3.63) is 35.9 Å². The third-order valence-electron chi connectivity index (χ3n) is 5.05. The highest BCUT2D eigenvalue weighted by molar-refractivity contribution is 5.87. The van der Waals surface area contributed by atoms with Crippen LogP contribution in [0.5, 0.6) is 0 Å². The van der Waals surface area contributed by atoms with Crippen molar-refractivity contribution in [2.75, 3.05) is 6.54 Å². The first kappa shape index (κ1) is 21.9. The molecule has 0 saturated heterocycles. The first-order valence-corrected chi connectivity index (χ1v) is 10.0. The smallest absolute Gasteiger partial charge is 0.333 e. The maximum absolute atomic E-state index is 12.9. The second-order valence-electron chi connectivity index (χ2n) is 7.26. The summed E-state index contributed by atoms with van der Waals surface area (Å²) in [5.74, 6) is -1.47. The molecule has 7 nitrogen and oxygen atoms in total. The van der Waals surface area contributed by atoms with Gasteiger partial charge in [-0.15, -0.1) is 0 Å². The molecule has 2 atom stereocenters. The number of unbranched alkanes of at least 4 members (excludes halogenated alkanes) is 1. The van der Waals surface area contributed by atoms with Crippen LogP contribution in [-0.4, -0.2) is 41.2 Å². The van der Waals surface area contributed by atoms with Crippen LogP contribution >= 0.6 is 0 Å². The Balaban J connectivity index is 2.13. The summed E-state index contributed by atoms with van der Waals surface area (Å²) in [6, 6.07) is 8.06. The van der Waals surface area contributed by atoms with Gasteiger partial charge in [0.05, 0.1) is 12.5 Å². The topological polar surface area (TPSA) is 95.9 Å². The van der Waals surface area contributed by atoms with Crippen LogP contribution in [0, 0.1) is 5.92 Å². The maximum Gasteiger partial charge on any atom is 0.333 e. The Bertz CT molecular complexity index is 631. The molecule has 0 heterocycles. The number of carbonyl (C=O) groups is 3. The van der Waals surface area contributed by atoms with Crippen LogP contribution in [0.2, 0.25) is 0 Å². The predicted octanol–water partition coefficient (Wildman–Crippen LogP) is 2.98. The van der Waals surface area contributed by atoms with E-state index in [0.29, 0.717) is 17.0 Å². The molecule has 0 radical (unpaired) electrons. The van der Waals surface area contributed by atoms with E-state index in [0.717, 1.165) is 38.5 Å². The molecular formula is C21H30N2O5. The van der Waals surface area contributed by atoms with Crippen LogP contribution in [0.1, 0.15) is 63.5 Å². The van der Waals surface area contributed by atoms with Crippen LogP contribution in [-0.2, 0) is 19.1 Å². The zero-order valence-electron chi connectivity index (χ0n) is 16.4. The van der Waals surface area contributed by atoms with Gasteiger partial charge in [0.2, 0.25) is 12.3 Å². The SMILES string of the molecule is CCCCC(CN(O)C=O)C(=O)NC(C(=O)OC1CCCC1)c1ccccc1. The van der Waals surface area contributed by atoms with E-state index in [2.05, 4.69) is 5.32 Å². The minimum atomic E-state index is -0.915. The highest BCUT2D eigenvalue weighted by atomic mass is 16.5. The molecule has 0 aromatic heterocycles. The van der Waals surface area contributed by atoms with Crippen LogP contribution < -0.4 is 5.32 Å². The fraction of sp³-hybridized carbons (Fsp3) is 0.571. The molecule has 1 aromatic rings. The summed E-state index contributed by atoms with van der Waals surface area (Å²) in [5, 5.41) is 12.8. The largest absolute Gasteiger partial charge is 0.461 e. The van der Waals surface area contributed by atoms with Crippen molar-refractivity contribution in [1.29, 1.82) is 0 Å². The molecule has 7 heteroatoms. The second-order valence-corrected chi connectivity index (χ2v) is 7.26. The molecule has 2 unspecified atom stereocenters. The number of hydrogen-bond donors (Lipinski definition) is 2. The van der Waals surface area contributed by atoms with Crippen LogP contribution in [0.15, 0.2) is 30.3 Å². The highest BCUT2D eigenvalue weighted by Crippen LogP contribution is 2.24. The van der Waals surface area contributed by atoms with Gasteiger partial charge in [-0.2, -0.15) is 0 Å². The van der Waals surface area contributed by atoms with Crippen molar-refractivity contribution < 1.29 is 24.3 Å². The Morgan fingerprint density at radius 1 is 1.29 bits per heavy atom. The Morgan fingerprint density at radius 3 is 2.57 bits per heavy atom. The average Bonchev–Trinajstić information content (AvgIpc) is 3.22. The number of hydroxylamine groups is 2. The number of carbonyl (C=O) groups excluding carboxylic acids is 3. The van der Waals surface area contributed by atoms with Crippen molar-refractivity contribution in [3.63, 3.8) is 0 Å². The summed E-state index contributed by atoms with van der Waals surface area (Å²) < 4.78 is 5.62. The molecule has 2 amide bonds. The monoisotopic (exact) mass is 390 g/mol. The van der Waals surface area contributed by atoms with Gasteiger partial charge in [-0.25, -0.2) is 9.86 Å². The van der Waals surface area contributed by atoms with E-state index in [1.807, 2.05) is 13.0 Å². The zero-order valence-corrected chi connectivity index (χ0v) is 16.4. The highest BCUT2D eigenvalue weighted by Gasteiger charge is 2.30. The molecule has 0 bridgehead atoms. The lowest BCUT2D eigenvalue weighted by atomic mass is 9.99. The lowest BCUT2D eigenvalue weighted by Gasteiger charge is -2.24. The third kappa shape index (κ3) is 6.64. The van der Waals surface area contributed by atoms with Crippen LogP contribution in [0.25, 0.3) is 0 Å². The van der Waals surface area contributed by atoms with Gasteiger partial charge >= 0.3 is 5.97 Å². The average molecular weight is 390 g/mol. The van der Waals surface area contributed by atoms with Gasteiger partial charge in [0.25, 0.3) is 0 Å². The van der Waals surface area contributed by atoms with Gasteiger partial charge in [-0.1, -0.05) is 50.1 Å². The van der Waals surface area contributed by atoms with E-state index in [9.17, 15) is 19.6 Å². The summed E-state index contributed by atoms with van der Waals surface area (Å²) in [5.41, 5.74) is 0.643. The molecule has 1 saturated carbocycles. The molecule has 154 valence electrons. The molecule has 0 aliphatic heterocycles. The molecule has 1 aliphatic carbocycles. The van der Waals surface area contributed by atoms with Gasteiger partial charge in [-0.05, 0) is 37.7 Å². The second kappa shape index (κ2) is 11.4. The molecule has 1 fully saturated rings. The summed E-state index contributed by atoms with van der Waals surface area (Å²) >= 11 is 0. The molecule has 1 aliphatic rings. The fourth-order valence-corrected chi connectivity index (χ4v) is 3.45. The zero-order chi connectivity index (χ0) is 20.4. The normalized spacial score (nSPS) is 16.2. The first-order valence-electron chi connectivity index (χ1n) is 10.0. The number of amides is 2. The quantitative estimate of drug-likeness (QED) is 0.262. The number of esters is 1. The summed E-state index contributed by atoms with van der Waals surface area (Å²) in [6.45, 7) is 1.88. The van der Waals surface area contributed by atoms with Crippen LogP contribution in [0.4, 0.5) is 0 Å². The first-order chi connectivity index (χ1) is 13.5. The number of hydrogen-bond acceptors (Lipinski definition) is 5. The Hall–Kier alpha value is -2.41. The fourth-order valence-electron chi connectivity index (χ4n) is 3.45. The van der Waals surface area contributed by atoms with E-state index >= 15 is 0 Å². The molecule has 2 N–H and O–H groups in total. The lowest BCUT2D eigenvalue weighted by molar-refractivity contribution is -0.157. The number of rotatable bonds is 11. The summed E-state index contributed by atoms with van der Waals surface area (Å²) in [4.78, 5) is 36.4. The number of benzene rings is 1. The van der Waals surface area contributed by atoms with Crippen molar-refractivity contribution in [3.8, 4) is 0 Å². The van der Waals surface area contributed by atoms with Gasteiger partial charge in [0.1, 0.15) is 6.10 Å². The number of ether oxygens (including phenoxy) is 1. The maximum atomic E-state index is 12.9. The van der Waals surface area contributed by atoms with Gasteiger partial charge < -0.3 is 10.1 Å². The van der Waals surface area contributed by atoms with Crippen molar-refractivity contribution in [2.45, 2.75) is 64.0 Å². The van der Waals surface area contributed by atoms with E-state index in [1.165, 1.54) is 0 Å². The Labute approximate surface area is 166 Å². The number of nitrogens with zero attached hydrogens (tertiary/aromatic N) is 1. The molecule has 2 rings (SSSR count). The van der Waals surface area contributed by atoms with E-state index < -0.39 is 17.9 Å². The van der Waals surface area contributed by atoms with Crippen molar-refractivity contribution >= 4 is 18.3 Å². The van der Waals surface area contributed by atoms with Crippen molar-refractivity contribution in [2.24, 2.45) is 5.92 Å². The van der Waals surface area contributed by atoms with E-state index in [-0.39, 0.29) is 25.0 Å². The molecular weight excluding hydrogens is 360 g/mol. The molecule has 28 heavy (non-hydrogen) atoms. The third-order valence-corrected chi connectivity index (χ3v) is 5.05. The summed E-state index contributed by atoms with van der Waals surface area (Å²) in [7, 11) is 0. The number of nitrogens with one attached hydrogen (secondary N) is 1. The Kier molecular flexibility index (Phi) is 8.94. The van der Waals surface area contributed by atoms with Crippen molar-refractivity contribution in [1.82, 2.24) is 10.4 Å². The van der Waals surface area contributed by atoms with Gasteiger partial charge in [0, 0.05) is 0 Å². The minimum Gasteiger partial charge on any atom is -0.461 e. The van der Waals surface area contributed by atoms with Gasteiger partial charge in [0.15, 0.2) is 6.04 Å². The van der Waals surface area contributed by atoms with E-state index in [4.69, 9.17) is 4.74 Å². The standard InChI is InChI=1S/C21H30N2O5/c1-2-3-9-17(14-23(27)15-24)20(25)22-19(16-10-5-4-6-11-16)21(26)28-18-12-7-8-13-18/h4-6,10-11,15,17-19,27H,2-3,7-9,12-14H2,1H3,(H,22,25). The Morgan fingerprint density at radius 2 is 1.96 bits per heavy atom. The van der Waals surface area contributed by atoms with Gasteiger partial charge in [-0.3, -0.25) is 14.8 Å². The molecule has 1 aromatic carbocycles. The van der Waals surface area contributed by atoms with E-state index in [1.54, 1.807) is 24.3 Å². The predicted molar refractivity (Wildman–Crippen MR) is 103 cm³/mol. The summed E-state index contributed by atoms with van der Waals surface area (Å²) in [6.07, 6.45) is 6.10. The lowest BCUT2D eigenvalue weighted by Crippen LogP contribution is -2.42.